The first-order chi connectivity index (χ1) is 11.1. The van der Waals surface area contributed by atoms with Crippen molar-refractivity contribution in [1.82, 2.24) is 14.7 Å². The number of carbonyl (C=O) groups is 2. The molecule has 2 fully saturated rings. The highest BCUT2D eigenvalue weighted by molar-refractivity contribution is 5.97. The maximum absolute atomic E-state index is 12.5. The monoisotopic (exact) mass is 317 g/mol. The Balaban J connectivity index is 1.64. The fourth-order valence-electron chi connectivity index (χ4n) is 2.90. The highest BCUT2D eigenvalue weighted by Gasteiger charge is 2.22. The molecule has 3 rings (SSSR count). The predicted octanol–water partition coefficient (Wildman–Crippen LogP) is 0.547. The summed E-state index contributed by atoms with van der Waals surface area (Å²) in [7, 11) is 2.06. The average molecular weight is 317 g/mol. The van der Waals surface area contributed by atoms with E-state index >= 15 is 0 Å². The van der Waals surface area contributed by atoms with E-state index in [2.05, 4.69) is 11.9 Å². The van der Waals surface area contributed by atoms with E-state index in [0.29, 0.717) is 37.4 Å². The van der Waals surface area contributed by atoms with Gasteiger partial charge in [-0.2, -0.15) is 0 Å². The van der Waals surface area contributed by atoms with E-state index in [1.54, 1.807) is 29.2 Å². The minimum absolute atomic E-state index is 0.00639. The molecule has 6 heteroatoms. The van der Waals surface area contributed by atoms with Crippen LogP contribution in [0.3, 0.4) is 0 Å². The topological polar surface area (TPSA) is 53.1 Å². The summed E-state index contributed by atoms with van der Waals surface area (Å²) < 4.78 is 5.26. The van der Waals surface area contributed by atoms with E-state index in [4.69, 9.17) is 4.74 Å². The van der Waals surface area contributed by atoms with Gasteiger partial charge in [0.15, 0.2) is 0 Å². The van der Waals surface area contributed by atoms with Gasteiger partial charge in [0.25, 0.3) is 11.8 Å². The maximum Gasteiger partial charge on any atom is 0.254 e. The lowest BCUT2D eigenvalue weighted by Gasteiger charge is -2.32. The second-order valence-corrected chi connectivity index (χ2v) is 6.08. The summed E-state index contributed by atoms with van der Waals surface area (Å²) in [5.74, 6) is 0.0513. The van der Waals surface area contributed by atoms with Crippen LogP contribution >= 0.6 is 0 Å². The van der Waals surface area contributed by atoms with E-state index in [0.717, 1.165) is 26.2 Å². The number of morpholine rings is 1. The molecule has 0 atom stereocenters. The second-order valence-electron chi connectivity index (χ2n) is 6.08. The van der Waals surface area contributed by atoms with Gasteiger partial charge in [-0.05, 0) is 31.3 Å². The Kier molecular flexibility index (Phi) is 4.93. The number of hydrogen-bond donors (Lipinski definition) is 0. The molecule has 23 heavy (non-hydrogen) atoms. The molecule has 2 heterocycles. The normalized spacial score (nSPS) is 19.7. The Bertz CT molecular complexity index is 559. The summed E-state index contributed by atoms with van der Waals surface area (Å²) in [5.41, 5.74) is 1.27. The Labute approximate surface area is 136 Å². The summed E-state index contributed by atoms with van der Waals surface area (Å²) in [4.78, 5) is 30.8. The van der Waals surface area contributed by atoms with Crippen LogP contribution < -0.4 is 0 Å². The van der Waals surface area contributed by atoms with E-state index in [-0.39, 0.29) is 11.8 Å². The van der Waals surface area contributed by atoms with Crippen LogP contribution in [0.2, 0.25) is 0 Å². The molecule has 1 aromatic carbocycles. The van der Waals surface area contributed by atoms with Gasteiger partial charge in [0, 0.05) is 50.4 Å². The SMILES string of the molecule is CN1CCN(C(=O)c2ccc(C(=O)N3CCOCC3)cc2)CC1. The minimum atomic E-state index is 0.00639. The zero-order valence-electron chi connectivity index (χ0n) is 13.5. The highest BCUT2D eigenvalue weighted by Crippen LogP contribution is 2.12. The minimum Gasteiger partial charge on any atom is -0.378 e. The zero-order chi connectivity index (χ0) is 16.2. The van der Waals surface area contributed by atoms with Crippen LogP contribution in [0, 0.1) is 0 Å². The maximum atomic E-state index is 12.5. The molecule has 2 amide bonds. The first-order valence-corrected chi connectivity index (χ1v) is 8.10. The molecule has 0 spiro atoms. The number of rotatable bonds is 2. The van der Waals surface area contributed by atoms with Gasteiger partial charge in [-0.1, -0.05) is 0 Å². The fraction of sp³-hybridized carbons (Fsp3) is 0.529. The molecule has 124 valence electrons. The van der Waals surface area contributed by atoms with Gasteiger partial charge >= 0.3 is 0 Å². The van der Waals surface area contributed by atoms with Crippen LogP contribution in [0.5, 0.6) is 0 Å². The number of piperazine rings is 1. The molecule has 0 bridgehead atoms. The number of nitrogens with zero attached hydrogens (tertiary/aromatic N) is 3. The fourth-order valence-corrected chi connectivity index (χ4v) is 2.90. The Hall–Kier alpha value is -1.92. The number of amides is 2. The van der Waals surface area contributed by atoms with Crippen molar-refractivity contribution in [2.75, 3.05) is 59.5 Å². The van der Waals surface area contributed by atoms with Gasteiger partial charge in [0.2, 0.25) is 0 Å². The molecule has 0 unspecified atom stereocenters. The molecule has 0 N–H and O–H groups in total. The predicted molar refractivity (Wildman–Crippen MR) is 86.6 cm³/mol. The lowest BCUT2D eigenvalue weighted by Crippen LogP contribution is -2.47. The Morgan fingerprint density at radius 1 is 0.783 bits per heavy atom. The van der Waals surface area contributed by atoms with Gasteiger partial charge < -0.3 is 19.4 Å². The molecule has 1 aromatic rings. The molecule has 0 saturated carbocycles. The molecule has 6 nitrogen and oxygen atoms in total. The van der Waals surface area contributed by atoms with Crippen LogP contribution in [0.15, 0.2) is 24.3 Å². The Morgan fingerprint density at radius 2 is 1.22 bits per heavy atom. The van der Waals surface area contributed by atoms with E-state index in [1.165, 1.54) is 0 Å². The molecule has 2 saturated heterocycles. The summed E-state index contributed by atoms with van der Waals surface area (Å²) >= 11 is 0. The van der Waals surface area contributed by atoms with Crippen molar-refractivity contribution in [3.05, 3.63) is 35.4 Å². The zero-order valence-corrected chi connectivity index (χ0v) is 13.5. The standard InChI is InChI=1S/C17H23N3O3/c1-18-6-8-19(9-7-18)16(21)14-2-4-15(5-3-14)17(22)20-10-12-23-13-11-20/h2-5H,6-13H2,1H3. The molecule has 0 aliphatic carbocycles. The van der Waals surface area contributed by atoms with E-state index in [9.17, 15) is 9.59 Å². The van der Waals surface area contributed by atoms with Crippen molar-refractivity contribution in [1.29, 1.82) is 0 Å². The van der Waals surface area contributed by atoms with E-state index in [1.807, 2.05) is 4.90 Å². The van der Waals surface area contributed by atoms with Crippen molar-refractivity contribution in [3.8, 4) is 0 Å². The van der Waals surface area contributed by atoms with Crippen LogP contribution in [-0.4, -0.2) is 86.0 Å². The molecular weight excluding hydrogens is 294 g/mol. The quantitative estimate of drug-likeness (QED) is 0.799. The molecule has 0 aromatic heterocycles. The Morgan fingerprint density at radius 3 is 1.70 bits per heavy atom. The molecule has 2 aliphatic heterocycles. The first kappa shape index (κ1) is 16.0. The van der Waals surface area contributed by atoms with E-state index < -0.39 is 0 Å². The van der Waals surface area contributed by atoms with Crippen LogP contribution in [0.25, 0.3) is 0 Å². The molecule has 0 radical (unpaired) electrons. The molecule has 2 aliphatic rings. The average Bonchev–Trinajstić information content (AvgIpc) is 2.62. The smallest absolute Gasteiger partial charge is 0.254 e. The number of benzene rings is 1. The lowest BCUT2D eigenvalue weighted by molar-refractivity contribution is 0.0303. The van der Waals surface area contributed by atoms with Crippen molar-refractivity contribution in [2.24, 2.45) is 0 Å². The summed E-state index contributed by atoms with van der Waals surface area (Å²) in [6.45, 7) is 5.74. The largest absolute Gasteiger partial charge is 0.378 e. The second kappa shape index (κ2) is 7.10. The summed E-state index contributed by atoms with van der Waals surface area (Å²) in [5, 5.41) is 0. The van der Waals surface area contributed by atoms with Crippen molar-refractivity contribution in [2.45, 2.75) is 0 Å². The van der Waals surface area contributed by atoms with Crippen molar-refractivity contribution in [3.63, 3.8) is 0 Å². The van der Waals surface area contributed by atoms with Gasteiger partial charge in [-0.25, -0.2) is 0 Å². The number of carbonyl (C=O) groups excluding carboxylic acids is 2. The number of ether oxygens (including phenoxy) is 1. The lowest BCUT2D eigenvalue weighted by atomic mass is 10.1. The number of likely N-dealkylation sites (N-methyl/N-ethyl adjacent to an activating group) is 1. The van der Waals surface area contributed by atoms with Gasteiger partial charge in [-0.3, -0.25) is 9.59 Å². The van der Waals surface area contributed by atoms with Crippen molar-refractivity contribution >= 4 is 11.8 Å². The van der Waals surface area contributed by atoms with Crippen LogP contribution in [0.4, 0.5) is 0 Å². The van der Waals surface area contributed by atoms with Crippen LogP contribution in [0.1, 0.15) is 20.7 Å². The first-order valence-electron chi connectivity index (χ1n) is 8.10. The van der Waals surface area contributed by atoms with Crippen LogP contribution in [-0.2, 0) is 4.74 Å². The third-order valence-electron chi connectivity index (χ3n) is 4.47. The molecular formula is C17H23N3O3. The third-order valence-corrected chi connectivity index (χ3v) is 4.47. The van der Waals surface area contributed by atoms with Crippen molar-refractivity contribution < 1.29 is 14.3 Å². The highest BCUT2D eigenvalue weighted by atomic mass is 16.5. The third kappa shape index (κ3) is 3.71. The summed E-state index contributed by atoms with van der Waals surface area (Å²) in [6, 6.07) is 7.02. The van der Waals surface area contributed by atoms with Gasteiger partial charge in [0.1, 0.15) is 0 Å². The van der Waals surface area contributed by atoms with Gasteiger partial charge in [-0.15, -0.1) is 0 Å². The summed E-state index contributed by atoms with van der Waals surface area (Å²) in [6.07, 6.45) is 0. The number of hydrogen-bond acceptors (Lipinski definition) is 4. The van der Waals surface area contributed by atoms with Gasteiger partial charge in [0.05, 0.1) is 13.2 Å².